The summed E-state index contributed by atoms with van der Waals surface area (Å²) in [5, 5.41) is 35.2. The summed E-state index contributed by atoms with van der Waals surface area (Å²) in [6, 6.07) is -0.489. The van der Waals surface area contributed by atoms with Gasteiger partial charge in [0.2, 0.25) is 0 Å². The monoisotopic (exact) mass is 293 g/mol. The number of terminal acetylenes is 1. The average molecular weight is 293 g/mol. The van der Waals surface area contributed by atoms with Gasteiger partial charge in [0.05, 0.1) is 13.2 Å². The molecule has 9 heteroatoms. The maximum atomic E-state index is 10.2. The van der Waals surface area contributed by atoms with Crippen LogP contribution in [-0.2, 0) is 4.74 Å². The van der Waals surface area contributed by atoms with Crippen molar-refractivity contribution in [3.63, 3.8) is 0 Å². The molecule has 0 amide bonds. The molecule has 0 aromatic carbocycles. The number of rotatable bonds is 2. The van der Waals surface area contributed by atoms with E-state index in [0.717, 1.165) is 0 Å². The third-order valence-corrected chi connectivity index (χ3v) is 3.90. The first-order valence-corrected chi connectivity index (χ1v) is 6.36. The van der Waals surface area contributed by atoms with Gasteiger partial charge in [-0.2, -0.15) is 5.10 Å². The van der Waals surface area contributed by atoms with E-state index in [9.17, 15) is 15.3 Å². The smallest absolute Gasteiger partial charge is 0.188 e. The number of ether oxygens (including phenoxy) is 1. The molecule has 0 spiro atoms. The largest absolute Gasteiger partial charge is 0.392 e. The number of nitrogens with two attached hydrogens (primary N) is 1. The summed E-state index contributed by atoms with van der Waals surface area (Å²) in [5.74, 6) is 2.81. The summed E-state index contributed by atoms with van der Waals surface area (Å²) in [6.07, 6.45) is 3.05. The van der Waals surface area contributed by atoms with Crippen molar-refractivity contribution in [1.29, 1.82) is 0 Å². The number of hydrogen-bond donors (Lipinski definition) is 4. The second kappa shape index (κ2) is 4.78. The van der Waals surface area contributed by atoms with Crippen LogP contribution in [0.3, 0.4) is 0 Å². The minimum Gasteiger partial charge on any atom is -0.392 e. The normalized spacial score (nSPS) is 41.5. The molecule has 3 aliphatic heterocycles. The average Bonchev–Trinajstić information content (AvgIpc) is 3.02. The van der Waals surface area contributed by atoms with E-state index >= 15 is 0 Å². The van der Waals surface area contributed by atoms with Gasteiger partial charge in [0.15, 0.2) is 17.3 Å². The summed E-state index contributed by atoms with van der Waals surface area (Å²) >= 11 is 0. The first-order chi connectivity index (χ1) is 10.0. The Balaban J connectivity index is 1.86. The van der Waals surface area contributed by atoms with Crippen LogP contribution in [0.25, 0.3) is 0 Å². The zero-order valence-corrected chi connectivity index (χ0v) is 11.0. The Morgan fingerprint density at radius 2 is 2.33 bits per heavy atom. The molecule has 0 saturated carbocycles. The van der Waals surface area contributed by atoms with E-state index in [2.05, 4.69) is 21.0 Å². The third-order valence-electron chi connectivity index (χ3n) is 3.90. The number of aliphatic imine (C=N–C) groups is 2. The molecule has 5 atom stereocenters. The maximum absolute atomic E-state index is 10.2. The Hall–Kier alpha value is -1.99. The molecule has 21 heavy (non-hydrogen) atoms. The fourth-order valence-electron chi connectivity index (χ4n) is 2.71. The number of fused-ring (bicyclic) bond motifs is 1. The van der Waals surface area contributed by atoms with Gasteiger partial charge in [0.1, 0.15) is 30.7 Å². The Morgan fingerprint density at radius 1 is 1.57 bits per heavy atom. The van der Waals surface area contributed by atoms with Crippen LogP contribution in [0.4, 0.5) is 0 Å². The number of aliphatic hydroxyl groups is 3. The van der Waals surface area contributed by atoms with Gasteiger partial charge in [-0.1, -0.05) is 5.92 Å². The lowest BCUT2D eigenvalue weighted by Crippen LogP contribution is -2.50. The molecule has 0 aromatic heterocycles. The highest BCUT2D eigenvalue weighted by Gasteiger charge is 2.57. The van der Waals surface area contributed by atoms with E-state index in [1.54, 1.807) is 0 Å². The van der Waals surface area contributed by atoms with Gasteiger partial charge in [-0.3, -0.25) is 4.99 Å². The summed E-state index contributed by atoms with van der Waals surface area (Å²) in [5.41, 5.74) is 4.08. The van der Waals surface area contributed by atoms with Crippen LogP contribution in [0.2, 0.25) is 0 Å². The second-order valence-corrected chi connectivity index (χ2v) is 5.03. The maximum Gasteiger partial charge on any atom is 0.188 e. The van der Waals surface area contributed by atoms with Crippen LogP contribution >= 0.6 is 0 Å². The standard InChI is InChI=1S/C12H15N5O4/c1-2-12(4-18)9(20)7(19)8(21-12)6-3-14-11-10(13)15-5-16-17(6)11/h1,5-9,18-20H,3-4H2,(H2,13,15,16)/t6?,7?,8-,9?,12+/m0/s1. The van der Waals surface area contributed by atoms with Crippen LogP contribution < -0.4 is 5.73 Å². The summed E-state index contributed by atoms with van der Waals surface area (Å²) in [6.45, 7) is -0.352. The fraction of sp³-hybridized carbons (Fsp3) is 0.583. The zero-order chi connectivity index (χ0) is 15.2. The second-order valence-electron chi connectivity index (χ2n) is 5.03. The highest BCUT2D eigenvalue weighted by atomic mass is 16.6. The van der Waals surface area contributed by atoms with Crippen LogP contribution in [0, 0.1) is 12.3 Å². The van der Waals surface area contributed by atoms with Crippen LogP contribution in [0.5, 0.6) is 0 Å². The highest BCUT2D eigenvalue weighted by Crippen LogP contribution is 2.35. The molecule has 0 radical (unpaired) electrons. The molecular formula is C12H15N5O4. The van der Waals surface area contributed by atoms with Gasteiger partial charge in [-0.15, -0.1) is 6.42 Å². The van der Waals surface area contributed by atoms with E-state index in [-0.39, 0.29) is 12.4 Å². The third kappa shape index (κ3) is 1.85. The lowest BCUT2D eigenvalue weighted by atomic mass is 9.94. The van der Waals surface area contributed by atoms with E-state index in [0.29, 0.717) is 5.84 Å². The molecule has 3 heterocycles. The van der Waals surface area contributed by atoms with Gasteiger partial charge < -0.3 is 25.8 Å². The van der Waals surface area contributed by atoms with Crippen LogP contribution in [0.15, 0.2) is 15.1 Å². The molecule has 3 rings (SSSR count). The number of hydrogen-bond acceptors (Lipinski definition) is 9. The van der Waals surface area contributed by atoms with E-state index < -0.39 is 36.6 Å². The van der Waals surface area contributed by atoms with Gasteiger partial charge in [0, 0.05) is 0 Å². The molecule has 1 fully saturated rings. The Labute approximate surface area is 120 Å². The summed E-state index contributed by atoms with van der Waals surface area (Å²) in [4.78, 5) is 8.04. The van der Waals surface area contributed by atoms with Crippen molar-refractivity contribution in [2.24, 2.45) is 20.8 Å². The van der Waals surface area contributed by atoms with Crippen LogP contribution in [0.1, 0.15) is 0 Å². The summed E-state index contributed by atoms with van der Waals surface area (Å²) in [7, 11) is 0. The Morgan fingerprint density at radius 3 is 2.95 bits per heavy atom. The lowest BCUT2D eigenvalue weighted by Gasteiger charge is -2.29. The molecule has 9 nitrogen and oxygen atoms in total. The SMILES string of the molecule is C#C[C@]1(CO)O[C@@H](C2CN=C3C(N)=NC=NN32)C(O)C1O. The van der Waals surface area contributed by atoms with E-state index in [1.807, 2.05) is 0 Å². The van der Waals surface area contributed by atoms with Crippen molar-refractivity contribution < 1.29 is 20.1 Å². The van der Waals surface area contributed by atoms with E-state index in [4.69, 9.17) is 16.9 Å². The van der Waals surface area contributed by atoms with Gasteiger partial charge >= 0.3 is 0 Å². The molecule has 0 bridgehead atoms. The van der Waals surface area contributed by atoms with Gasteiger partial charge in [-0.25, -0.2) is 10.0 Å². The summed E-state index contributed by atoms with van der Waals surface area (Å²) < 4.78 is 5.58. The van der Waals surface area contributed by atoms with E-state index in [1.165, 1.54) is 11.3 Å². The molecule has 112 valence electrons. The van der Waals surface area contributed by atoms with Crippen LogP contribution in [-0.4, -0.2) is 81.4 Å². The Bertz CT molecular complexity index is 583. The lowest BCUT2D eigenvalue weighted by molar-refractivity contribution is -0.0833. The molecule has 0 aliphatic carbocycles. The van der Waals surface area contributed by atoms with Crippen molar-refractivity contribution in [2.45, 2.75) is 30.0 Å². The number of aliphatic hydroxyl groups excluding tert-OH is 3. The molecule has 3 unspecified atom stereocenters. The van der Waals surface area contributed by atoms with Crippen molar-refractivity contribution in [1.82, 2.24) is 5.01 Å². The zero-order valence-electron chi connectivity index (χ0n) is 11.0. The minimum absolute atomic E-state index is 0.214. The predicted octanol–water partition coefficient (Wildman–Crippen LogP) is -3.13. The predicted molar refractivity (Wildman–Crippen MR) is 73.6 cm³/mol. The molecular weight excluding hydrogens is 278 g/mol. The molecule has 0 aromatic rings. The van der Waals surface area contributed by atoms with Crippen molar-refractivity contribution in [3.05, 3.63) is 0 Å². The molecule has 1 saturated heterocycles. The molecule has 3 aliphatic rings. The number of hydrazone groups is 1. The highest BCUT2D eigenvalue weighted by molar-refractivity contribution is 6.41. The van der Waals surface area contributed by atoms with Crippen molar-refractivity contribution >= 4 is 18.0 Å². The van der Waals surface area contributed by atoms with Crippen molar-refractivity contribution in [3.8, 4) is 12.3 Å². The first-order valence-electron chi connectivity index (χ1n) is 6.36. The quantitative estimate of drug-likeness (QED) is 0.397. The number of amidine groups is 2. The minimum atomic E-state index is -1.63. The topological polar surface area (TPSA) is 136 Å². The Kier molecular flexibility index (Phi) is 3.18. The van der Waals surface area contributed by atoms with Gasteiger partial charge in [0.25, 0.3) is 0 Å². The first kappa shape index (κ1) is 14.0. The van der Waals surface area contributed by atoms with Gasteiger partial charge in [-0.05, 0) is 0 Å². The van der Waals surface area contributed by atoms with Crippen molar-refractivity contribution in [2.75, 3.05) is 13.2 Å². The number of nitrogens with zero attached hydrogens (tertiary/aromatic N) is 4. The fourth-order valence-corrected chi connectivity index (χ4v) is 2.71. The molecule has 5 N–H and O–H groups in total.